The van der Waals surface area contributed by atoms with Crippen LogP contribution < -0.4 is 5.32 Å². The Balaban J connectivity index is 2.04. The average Bonchev–Trinajstić information content (AvgIpc) is 2.35. The van der Waals surface area contributed by atoms with E-state index in [1.54, 1.807) is 0 Å². The Morgan fingerprint density at radius 3 is 2.47 bits per heavy atom. The normalized spacial score (nSPS) is 13.5. The molecule has 0 heterocycles. The minimum atomic E-state index is 0.229. The van der Waals surface area contributed by atoms with E-state index in [0.29, 0.717) is 5.92 Å². The van der Waals surface area contributed by atoms with Gasteiger partial charge in [0.05, 0.1) is 6.61 Å². The summed E-state index contributed by atoms with van der Waals surface area (Å²) in [6.45, 7) is 11.6. The lowest BCUT2D eigenvalue weighted by Crippen LogP contribution is -2.36. The van der Waals surface area contributed by atoms with Crippen LogP contribution in [0.15, 0.2) is 30.3 Å². The molecule has 0 saturated carbocycles. The van der Waals surface area contributed by atoms with Gasteiger partial charge in [0.15, 0.2) is 0 Å². The molecule has 0 spiro atoms. The topological polar surface area (TPSA) is 21.3 Å². The van der Waals surface area contributed by atoms with E-state index in [2.05, 4.69) is 57.3 Å². The van der Waals surface area contributed by atoms with Crippen molar-refractivity contribution < 1.29 is 4.74 Å². The molecule has 0 aliphatic heterocycles. The van der Waals surface area contributed by atoms with Crippen LogP contribution >= 0.6 is 0 Å². The Bertz CT molecular complexity index is 329. The number of benzene rings is 1. The average molecular weight is 263 g/mol. The van der Waals surface area contributed by atoms with Crippen molar-refractivity contribution in [2.75, 3.05) is 13.2 Å². The second-order valence-corrected chi connectivity index (χ2v) is 6.42. The van der Waals surface area contributed by atoms with Crippen molar-refractivity contribution in [3.05, 3.63) is 35.9 Å². The van der Waals surface area contributed by atoms with Crippen LogP contribution in [0, 0.1) is 5.92 Å². The molecule has 1 N–H and O–H groups in total. The molecule has 1 unspecified atom stereocenters. The molecule has 0 bridgehead atoms. The number of hydrogen-bond donors (Lipinski definition) is 1. The lowest BCUT2D eigenvalue weighted by atomic mass is 10.1. The van der Waals surface area contributed by atoms with Gasteiger partial charge in [-0.25, -0.2) is 0 Å². The van der Waals surface area contributed by atoms with Crippen LogP contribution in [0.2, 0.25) is 0 Å². The monoisotopic (exact) mass is 263 g/mol. The molecule has 0 aliphatic rings. The van der Waals surface area contributed by atoms with Gasteiger partial charge in [-0.15, -0.1) is 0 Å². The predicted octanol–water partition coefficient (Wildman–Crippen LogP) is 4.01. The van der Waals surface area contributed by atoms with Gasteiger partial charge in [0, 0.05) is 12.1 Å². The van der Waals surface area contributed by atoms with Gasteiger partial charge in [-0.3, -0.25) is 0 Å². The summed E-state index contributed by atoms with van der Waals surface area (Å²) in [5.74, 6) is 0.630. The summed E-state index contributed by atoms with van der Waals surface area (Å²) >= 11 is 0. The standard InChI is InChI=1S/C17H29NO/c1-15(9-8-12-18-17(2,3)4)13-19-14-16-10-6-5-7-11-16/h5-7,10-11,15,18H,8-9,12-14H2,1-4H3. The first-order valence-corrected chi connectivity index (χ1v) is 7.34. The highest BCUT2D eigenvalue weighted by atomic mass is 16.5. The second-order valence-electron chi connectivity index (χ2n) is 6.42. The first-order valence-electron chi connectivity index (χ1n) is 7.34. The van der Waals surface area contributed by atoms with Gasteiger partial charge < -0.3 is 10.1 Å². The van der Waals surface area contributed by atoms with Crippen molar-refractivity contribution in [1.82, 2.24) is 5.32 Å². The minimum absolute atomic E-state index is 0.229. The molecule has 108 valence electrons. The van der Waals surface area contributed by atoms with Gasteiger partial charge in [0.25, 0.3) is 0 Å². The van der Waals surface area contributed by atoms with E-state index >= 15 is 0 Å². The Hall–Kier alpha value is -0.860. The van der Waals surface area contributed by atoms with Crippen LogP contribution in [-0.2, 0) is 11.3 Å². The zero-order valence-corrected chi connectivity index (χ0v) is 12.9. The SMILES string of the molecule is CC(CCCNC(C)(C)C)COCc1ccccc1. The lowest BCUT2D eigenvalue weighted by molar-refractivity contribution is 0.0888. The van der Waals surface area contributed by atoms with Crippen LogP contribution in [0.4, 0.5) is 0 Å². The quantitative estimate of drug-likeness (QED) is 0.716. The fourth-order valence-electron chi connectivity index (χ4n) is 1.95. The van der Waals surface area contributed by atoms with Gasteiger partial charge in [0.1, 0.15) is 0 Å². The van der Waals surface area contributed by atoms with Crippen LogP contribution in [-0.4, -0.2) is 18.7 Å². The predicted molar refractivity (Wildman–Crippen MR) is 82.3 cm³/mol. The molecule has 1 aromatic carbocycles. The first-order chi connectivity index (χ1) is 8.97. The van der Waals surface area contributed by atoms with Gasteiger partial charge in [-0.05, 0) is 51.6 Å². The third-order valence-corrected chi connectivity index (χ3v) is 3.04. The summed E-state index contributed by atoms with van der Waals surface area (Å²) in [5.41, 5.74) is 1.48. The summed E-state index contributed by atoms with van der Waals surface area (Å²) in [6.07, 6.45) is 2.44. The minimum Gasteiger partial charge on any atom is -0.376 e. The Kier molecular flexibility index (Phi) is 7.11. The molecular weight excluding hydrogens is 234 g/mol. The smallest absolute Gasteiger partial charge is 0.0717 e. The molecule has 2 nitrogen and oxygen atoms in total. The van der Waals surface area contributed by atoms with E-state index in [1.807, 2.05) is 6.07 Å². The van der Waals surface area contributed by atoms with Crippen LogP contribution in [0.25, 0.3) is 0 Å². The molecule has 0 aromatic heterocycles. The van der Waals surface area contributed by atoms with Crippen molar-refractivity contribution in [3.8, 4) is 0 Å². The van der Waals surface area contributed by atoms with Crippen molar-refractivity contribution in [2.24, 2.45) is 5.92 Å². The summed E-state index contributed by atoms with van der Waals surface area (Å²) in [4.78, 5) is 0. The van der Waals surface area contributed by atoms with Crippen molar-refractivity contribution in [3.63, 3.8) is 0 Å². The Morgan fingerprint density at radius 1 is 1.16 bits per heavy atom. The second kappa shape index (κ2) is 8.34. The Morgan fingerprint density at radius 2 is 1.84 bits per heavy atom. The van der Waals surface area contributed by atoms with Crippen molar-refractivity contribution >= 4 is 0 Å². The summed E-state index contributed by atoms with van der Waals surface area (Å²) in [6, 6.07) is 10.4. The molecule has 0 radical (unpaired) electrons. The number of nitrogens with one attached hydrogen (secondary N) is 1. The summed E-state index contributed by atoms with van der Waals surface area (Å²) in [5, 5.41) is 3.52. The van der Waals surface area contributed by atoms with Gasteiger partial charge in [0.2, 0.25) is 0 Å². The molecule has 0 fully saturated rings. The molecule has 2 heteroatoms. The largest absolute Gasteiger partial charge is 0.376 e. The summed E-state index contributed by atoms with van der Waals surface area (Å²) < 4.78 is 5.76. The van der Waals surface area contributed by atoms with E-state index < -0.39 is 0 Å². The molecular formula is C17H29NO. The highest BCUT2D eigenvalue weighted by molar-refractivity contribution is 5.13. The van der Waals surface area contributed by atoms with Gasteiger partial charge in [-0.2, -0.15) is 0 Å². The highest BCUT2D eigenvalue weighted by Crippen LogP contribution is 2.08. The molecule has 19 heavy (non-hydrogen) atoms. The molecule has 1 atom stereocenters. The van der Waals surface area contributed by atoms with E-state index in [0.717, 1.165) is 19.8 Å². The van der Waals surface area contributed by atoms with Crippen LogP contribution in [0.5, 0.6) is 0 Å². The molecule has 1 aromatic rings. The zero-order chi connectivity index (χ0) is 14.1. The van der Waals surface area contributed by atoms with Crippen LogP contribution in [0.3, 0.4) is 0 Å². The van der Waals surface area contributed by atoms with Crippen molar-refractivity contribution in [2.45, 2.75) is 52.7 Å². The zero-order valence-electron chi connectivity index (χ0n) is 12.9. The molecule has 0 amide bonds. The van der Waals surface area contributed by atoms with E-state index in [1.165, 1.54) is 18.4 Å². The van der Waals surface area contributed by atoms with Gasteiger partial charge >= 0.3 is 0 Å². The molecule has 0 saturated heterocycles. The lowest BCUT2D eigenvalue weighted by Gasteiger charge is -2.21. The fourth-order valence-corrected chi connectivity index (χ4v) is 1.95. The van der Waals surface area contributed by atoms with Crippen LogP contribution in [0.1, 0.15) is 46.1 Å². The number of hydrogen-bond acceptors (Lipinski definition) is 2. The summed E-state index contributed by atoms with van der Waals surface area (Å²) in [7, 11) is 0. The maximum Gasteiger partial charge on any atom is 0.0717 e. The molecule has 0 aliphatic carbocycles. The third kappa shape index (κ3) is 8.79. The highest BCUT2D eigenvalue weighted by Gasteiger charge is 2.08. The van der Waals surface area contributed by atoms with E-state index in [-0.39, 0.29) is 5.54 Å². The number of ether oxygens (including phenoxy) is 1. The van der Waals surface area contributed by atoms with E-state index in [9.17, 15) is 0 Å². The Labute approximate surface area is 118 Å². The maximum atomic E-state index is 5.76. The maximum absolute atomic E-state index is 5.76. The fraction of sp³-hybridized carbons (Fsp3) is 0.647. The third-order valence-electron chi connectivity index (χ3n) is 3.04. The molecule has 1 rings (SSSR count). The first kappa shape index (κ1) is 16.2. The van der Waals surface area contributed by atoms with Crippen molar-refractivity contribution in [1.29, 1.82) is 0 Å². The van der Waals surface area contributed by atoms with Gasteiger partial charge in [-0.1, -0.05) is 37.3 Å². The van der Waals surface area contributed by atoms with E-state index in [4.69, 9.17) is 4.74 Å². The number of rotatable bonds is 8.